The lowest BCUT2D eigenvalue weighted by Gasteiger charge is -2.13. The fraction of sp³-hybridized carbons (Fsp3) is 0. The Hall–Kier alpha value is -5.81. The first-order valence-corrected chi connectivity index (χ1v) is 13.8. The zero-order chi connectivity index (χ0) is 27.9. The van der Waals surface area contributed by atoms with Crippen LogP contribution >= 0.6 is 0 Å². The molecule has 0 bridgehead atoms. The maximum absolute atomic E-state index is 5.15. The summed E-state index contributed by atoms with van der Waals surface area (Å²) in [5.74, 6) is 0. The standard InChI is InChI=1S/C37H23N5/c1-2-9-24(10-3-1)35-27-11-4-5-12-30(27)42-37-28(35)19-16-25-17-20-29(41-36(25)37)26-18-21-32(39-23-26)34-15-8-14-33(40-34)31-13-6-7-22-38-31/h1-23H. The van der Waals surface area contributed by atoms with E-state index in [1.54, 1.807) is 6.20 Å². The van der Waals surface area contributed by atoms with Crippen molar-refractivity contribution < 1.29 is 0 Å². The monoisotopic (exact) mass is 537 g/mol. The van der Waals surface area contributed by atoms with Gasteiger partial charge in [-0.1, -0.05) is 78.9 Å². The third-order valence-electron chi connectivity index (χ3n) is 7.57. The number of para-hydroxylation sites is 1. The van der Waals surface area contributed by atoms with Crippen LogP contribution in [-0.2, 0) is 0 Å². The summed E-state index contributed by atoms with van der Waals surface area (Å²) in [7, 11) is 0. The molecule has 0 aliphatic heterocycles. The summed E-state index contributed by atoms with van der Waals surface area (Å²) in [4.78, 5) is 24.3. The molecule has 0 spiro atoms. The van der Waals surface area contributed by atoms with Gasteiger partial charge in [0.15, 0.2) is 0 Å². The van der Waals surface area contributed by atoms with E-state index in [1.165, 1.54) is 5.56 Å². The molecular formula is C37H23N5. The molecule has 0 fully saturated rings. The molecule has 5 aromatic heterocycles. The van der Waals surface area contributed by atoms with Gasteiger partial charge < -0.3 is 0 Å². The van der Waals surface area contributed by atoms with Gasteiger partial charge in [-0.2, -0.15) is 0 Å². The number of benzene rings is 3. The molecule has 0 N–H and O–H groups in total. The first kappa shape index (κ1) is 24.0. The molecule has 5 nitrogen and oxygen atoms in total. The van der Waals surface area contributed by atoms with Crippen LogP contribution in [0.4, 0.5) is 0 Å². The van der Waals surface area contributed by atoms with Crippen LogP contribution in [0.15, 0.2) is 140 Å². The largest absolute Gasteiger partial charge is 0.255 e. The molecule has 3 aromatic carbocycles. The fourth-order valence-corrected chi connectivity index (χ4v) is 5.54. The van der Waals surface area contributed by atoms with Gasteiger partial charge in [-0.05, 0) is 54.1 Å². The molecule has 0 radical (unpaired) electrons. The van der Waals surface area contributed by atoms with Crippen molar-refractivity contribution >= 4 is 32.7 Å². The summed E-state index contributed by atoms with van der Waals surface area (Å²) in [6, 6.07) is 43.1. The molecule has 0 saturated carbocycles. The number of fused-ring (bicyclic) bond motifs is 4. The lowest BCUT2D eigenvalue weighted by Crippen LogP contribution is -1.94. The van der Waals surface area contributed by atoms with Gasteiger partial charge in [0.2, 0.25) is 0 Å². The summed E-state index contributed by atoms with van der Waals surface area (Å²) in [6.45, 7) is 0. The van der Waals surface area contributed by atoms with Gasteiger partial charge in [-0.25, -0.2) is 15.0 Å². The van der Waals surface area contributed by atoms with Crippen molar-refractivity contribution in [3.63, 3.8) is 0 Å². The van der Waals surface area contributed by atoms with E-state index in [1.807, 2.05) is 66.9 Å². The van der Waals surface area contributed by atoms with E-state index >= 15 is 0 Å². The smallest absolute Gasteiger partial charge is 0.0978 e. The van der Waals surface area contributed by atoms with E-state index in [0.717, 1.165) is 72.3 Å². The summed E-state index contributed by atoms with van der Waals surface area (Å²) >= 11 is 0. The Morgan fingerprint density at radius 1 is 0.381 bits per heavy atom. The fourth-order valence-electron chi connectivity index (χ4n) is 5.54. The van der Waals surface area contributed by atoms with Crippen molar-refractivity contribution in [1.82, 2.24) is 24.9 Å². The molecule has 5 heteroatoms. The van der Waals surface area contributed by atoms with Gasteiger partial charge in [-0.3, -0.25) is 9.97 Å². The van der Waals surface area contributed by atoms with E-state index in [9.17, 15) is 0 Å². The van der Waals surface area contributed by atoms with Crippen LogP contribution in [0.2, 0.25) is 0 Å². The van der Waals surface area contributed by atoms with Crippen molar-refractivity contribution in [3.05, 3.63) is 140 Å². The SMILES string of the molecule is c1ccc(-c2c3ccccc3nc3c2ccc2ccc(-c4ccc(-c5cccc(-c6ccccn6)n5)nc4)nc23)cc1. The molecule has 0 aliphatic rings. The molecule has 196 valence electrons. The Balaban J connectivity index is 1.24. The molecule has 5 heterocycles. The second-order valence-electron chi connectivity index (χ2n) is 10.2. The number of nitrogens with zero attached hydrogens (tertiary/aromatic N) is 5. The van der Waals surface area contributed by atoms with Crippen LogP contribution in [0, 0.1) is 0 Å². The minimum absolute atomic E-state index is 0.795. The van der Waals surface area contributed by atoms with Crippen LogP contribution in [-0.4, -0.2) is 24.9 Å². The average Bonchev–Trinajstić information content (AvgIpc) is 3.08. The Morgan fingerprint density at radius 3 is 1.93 bits per heavy atom. The first-order chi connectivity index (χ1) is 20.8. The highest BCUT2D eigenvalue weighted by Gasteiger charge is 2.15. The van der Waals surface area contributed by atoms with E-state index in [0.29, 0.717) is 0 Å². The maximum Gasteiger partial charge on any atom is 0.0978 e. The summed E-state index contributed by atoms with van der Waals surface area (Å²) < 4.78 is 0. The van der Waals surface area contributed by atoms with Crippen molar-refractivity contribution in [2.45, 2.75) is 0 Å². The van der Waals surface area contributed by atoms with Crippen molar-refractivity contribution in [3.8, 4) is 45.2 Å². The zero-order valence-corrected chi connectivity index (χ0v) is 22.5. The molecule has 0 unspecified atom stereocenters. The average molecular weight is 538 g/mol. The second-order valence-corrected chi connectivity index (χ2v) is 10.2. The molecular weight excluding hydrogens is 514 g/mol. The molecule has 0 aliphatic carbocycles. The summed E-state index contributed by atoms with van der Waals surface area (Å²) in [6.07, 6.45) is 3.64. The van der Waals surface area contributed by atoms with E-state index in [4.69, 9.17) is 19.9 Å². The number of hydrogen-bond donors (Lipinski definition) is 0. The highest BCUT2D eigenvalue weighted by Crippen LogP contribution is 2.37. The number of hydrogen-bond acceptors (Lipinski definition) is 5. The maximum atomic E-state index is 5.15. The Kier molecular flexibility index (Phi) is 5.71. The van der Waals surface area contributed by atoms with Gasteiger partial charge in [0.1, 0.15) is 0 Å². The minimum Gasteiger partial charge on any atom is -0.255 e. The molecule has 0 saturated heterocycles. The van der Waals surface area contributed by atoms with Gasteiger partial charge in [0, 0.05) is 39.7 Å². The van der Waals surface area contributed by atoms with Gasteiger partial charge >= 0.3 is 0 Å². The molecule has 0 amide bonds. The van der Waals surface area contributed by atoms with Crippen LogP contribution in [0.1, 0.15) is 0 Å². The number of aromatic nitrogens is 5. The summed E-state index contributed by atoms with van der Waals surface area (Å²) in [5, 5.41) is 3.27. The van der Waals surface area contributed by atoms with E-state index in [-0.39, 0.29) is 0 Å². The molecule has 42 heavy (non-hydrogen) atoms. The van der Waals surface area contributed by atoms with Crippen molar-refractivity contribution in [1.29, 1.82) is 0 Å². The van der Waals surface area contributed by atoms with Crippen LogP contribution in [0.3, 0.4) is 0 Å². The topological polar surface area (TPSA) is 64.5 Å². The predicted molar refractivity (Wildman–Crippen MR) is 170 cm³/mol. The lowest BCUT2D eigenvalue weighted by atomic mass is 9.95. The normalized spacial score (nSPS) is 11.3. The van der Waals surface area contributed by atoms with Gasteiger partial charge in [0.25, 0.3) is 0 Å². The number of rotatable bonds is 4. The van der Waals surface area contributed by atoms with Crippen molar-refractivity contribution in [2.75, 3.05) is 0 Å². The zero-order valence-electron chi connectivity index (χ0n) is 22.5. The van der Waals surface area contributed by atoms with Crippen LogP contribution in [0.25, 0.3) is 77.9 Å². The second kappa shape index (κ2) is 9.98. The predicted octanol–water partition coefficient (Wildman–Crippen LogP) is 8.79. The molecule has 8 rings (SSSR count). The molecule has 8 aromatic rings. The lowest BCUT2D eigenvalue weighted by molar-refractivity contribution is 1.22. The van der Waals surface area contributed by atoms with Crippen LogP contribution < -0.4 is 0 Å². The first-order valence-electron chi connectivity index (χ1n) is 13.8. The van der Waals surface area contributed by atoms with Gasteiger partial charge in [0.05, 0.1) is 45.0 Å². The summed E-state index contributed by atoms with van der Waals surface area (Å²) in [5.41, 5.74) is 10.1. The molecule has 0 atom stereocenters. The quantitative estimate of drug-likeness (QED) is 0.166. The third kappa shape index (κ3) is 4.16. The Bertz CT molecular complexity index is 2230. The van der Waals surface area contributed by atoms with Crippen LogP contribution in [0.5, 0.6) is 0 Å². The number of pyridine rings is 5. The van der Waals surface area contributed by atoms with E-state index in [2.05, 4.69) is 71.7 Å². The Labute approximate surface area is 242 Å². The highest BCUT2D eigenvalue weighted by molar-refractivity contribution is 6.16. The van der Waals surface area contributed by atoms with E-state index < -0.39 is 0 Å². The Morgan fingerprint density at radius 2 is 1.12 bits per heavy atom. The van der Waals surface area contributed by atoms with Crippen molar-refractivity contribution in [2.24, 2.45) is 0 Å². The third-order valence-corrected chi connectivity index (χ3v) is 7.57. The minimum atomic E-state index is 0.795. The van der Waals surface area contributed by atoms with Gasteiger partial charge in [-0.15, -0.1) is 0 Å². The highest BCUT2D eigenvalue weighted by atomic mass is 14.8.